The van der Waals surface area contributed by atoms with Crippen molar-refractivity contribution in [1.29, 1.82) is 0 Å². The van der Waals surface area contributed by atoms with E-state index in [0.29, 0.717) is 5.65 Å². The van der Waals surface area contributed by atoms with E-state index in [0.717, 1.165) is 67.1 Å². The lowest BCUT2D eigenvalue weighted by Crippen LogP contribution is -2.10. The van der Waals surface area contributed by atoms with Gasteiger partial charge in [0.2, 0.25) is 0 Å². The largest absolute Gasteiger partial charge is 0.381 e. The Morgan fingerprint density at radius 3 is 2.19 bits per heavy atom. The van der Waals surface area contributed by atoms with Crippen molar-refractivity contribution in [3.8, 4) is 11.4 Å². The van der Waals surface area contributed by atoms with Crippen LogP contribution in [0.2, 0.25) is 0 Å². The van der Waals surface area contributed by atoms with Crippen LogP contribution in [0.15, 0.2) is 48.5 Å². The van der Waals surface area contributed by atoms with Crippen molar-refractivity contribution in [1.82, 2.24) is 19.5 Å². The summed E-state index contributed by atoms with van der Waals surface area (Å²) in [5, 5.41) is 0. The zero-order valence-corrected chi connectivity index (χ0v) is 19.1. The van der Waals surface area contributed by atoms with Crippen LogP contribution in [0, 0.1) is 0 Å². The highest BCUT2D eigenvalue weighted by molar-refractivity contribution is 5.84. The summed E-state index contributed by atoms with van der Waals surface area (Å²) in [4.78, 5) is 14.6. The number of ether oxygens (including phenoxy) is 1. The van der Waals surface area contributed by atoms with Gasteiger partial charge in [-0.25, -0.2) is 15.0 Å². The Bertz CT molecular complexity index is 1160. The van der Waals surface area contributed by atoms with E-state index in [4.69, 9.17) is 19.7 Å². The fourth-order valence-corrected chi connectivity index (χ4v) is 3.72. The number of imidazole rings is 1. The van der Waals surface area contributed by atoms with Crippen molar-refractivity contribution >= 4 is 22.3 Å². The number of rotatable bonds is 8. The van der Waals surface area contributed by atoms with Crippen molar-refractivity contribution in [3.63, 3.8) is 0 Å². The van der Waals surface area contributed by atoms with Crippen LogP contribution in [0.25, 0.3) is 33.7 Å². The van der Waals surface area contributed by atoms with Crippen molar-refractivity contribution < 1.29 is 4.74 Å². The molecule has 0 amide bonds. The van der Waals surface area contributed by atoms with E-state index in [1.54, 1.807) is 0 Å². The van der Waals surface area contributed by atoms with E-state index in [2.05, 4.69) is 56.5 Å². The maximum absolute atomic E-state index is 5.78. The molecule has 4 rings (SSSR count). The third-order valence-electron chi connectivity index (χ3n) is 5.58. The second-order valence-corrected chi connectivity index (χ2v) is 9.09. The molecule has 0 aliphatic heterocycles. The van der Waals surface area contributed by atoms with Gasteiger partial charge in [0.05, 0.1) is 11.0 Å². The van der Waals surface area contributed by atoms with Gasteiger partial charge in [-0.1, -0.05) is 70.5 Å². The predicted molar refractivity (Wildman–Crippen MR) is 127 cm³/mol. The van der Waals surface area contributed by atoms with E-state index < -0.39 is 0 Å². The topological polar surface area (TPSA) is 52.8 Å². The maximum atomic E-state index is 5.78. The van der Waals surface area contributed by atoms with Gasteiger partial charge in [0.1, 0.15) is 5.82 Å². The van der Waals surface area contributed by atoms with E-state index in [-0.39, 0.29) is 5.41 Å². The predicted octanol–water partition coefficient (Wildman–Crippen LogP) is 6.15. The lowest BCUT2D eigenvalue weighted by molar-refractivity contribution is 0.126. The molecule has 2 heterocycles. The fourth-order valence-electron chi connectivity index (χ4n) is 3.72. The van der Waals surface area contributed by atoms with Crippen LogP contribution >= 0.6 is 0 Å². The normalized spacial score (nSPS) is 12.1. The first-order chi connectivity index (χ1) is 15.0. The van der Waals surface area contributed by atoms with Crippen LogP contribution in [0.5, 0.6) is 0 Å². The number of benzene rings is 2. The van der Waals surface area contributed by atoms with Crippen molar-refractivity contribution in [2.75, 3.05) is 13.2 Å². The molecule has 0 saturated carbocycles. The summed E-state index contributed by atoms with van der Waals surface area (Å²) in [7, 11) is 0. The lowest BCUT2D eigenvalue weighted by atomic mass is 9.87. The smallest absolute Gasteiger partial charge is 0.198 e. The Morgan fingerprint density at radius 1 is 0.839 bits per heavy atom. The number of hydrogen-bond acceptors (Lipinski definition) is 4. The molecule has 0 bridgehead atoms. The third-order valence-corrected chi connectivity index (χ3v) is 5.58. The molecule has 5 heteroatoms. The summed E-state index contributed by atoms with van der Waals surface area (Å²) < 4.78 is 7.98. The molecule has 0 atom stereocenters. The minimum atomic E-state index is 0.120. The first-order valence-electron chi connectivity index (χ1n) is 11.3. The molecule has 0 aliphatic rings. The number of para-hydroxylation sites is 2. The molecule has 0 aliphatic carbocycles. The van der Waals surface area contributed by atoms with E-state index >= 15 is 0 Å². The van der Waals surface area contributed by atoms with Crippen molar-refractivity contribution in [2.24, 2.45) is 0 Å². The molecule has 31 heavy (non-hydrogen) atoms. The summed E-state index contributed by atoms with van der Waals surface area (Å²) in [6, 6.07) is 16.7. The first-order valence-corrected chi connectivity index (χ1v) is 11.3. The highest BCUT2D eigenvalue weighted by Gasteiger charge is 2.18. The molecule has 2 aromatic heterocycles. The van der Waals surface area contributed by atoms with Crippen LogP contribution in [-0.2, 0) is 16.7 Å². The van der Waals surface area contributed by atoms with Crippen molar-refractivity contribution in [2.45, 2.75) is 58.9 Å². The standard InChI is InChI=1S/C26H32N4O/c1-5-6-17-31-18-9-16-30-24(19-12-14-20(15-13-19)26(2,3)4)29-23-25(30)28-22-11-8-7-10-21(22)27-23/h7-8,10-15H,5-6,9,16-18H2,1-4H3. The second kappa shape index (κ2) is 9.15. The monoisotopic (exact) mass is 416 g/mol. The quantitative estimate of drug-likeness (QED) is 0.323. The summed E-state index contributed by atoms with van der Waals surface area (Å²) in [6.45, 7) is 11.2. The second-order valence-electron chi connectivity index (χ2n) is 9.09. The number of aryl methyl sites for hydroxylation is 1. The Hall–Kier alpha value is -2.79. The zero-order chi connectivity index (χ0) is 21.8. The van der Waals surface area contributed by atoms with Gasteiger partial charge in [-0.05, 0) is 36.0 Å². The SMILES string of the molecule is CCCCOCCCn1c(-c2ccc(C(C)(C)C)cc2)nc2nc3ccccc3nc21. The zero-order valence-electron chi connectivity index (χ0n) is 19.1. The summed E-state index contributed by atoms with van der Waals surface area (Å²) in [6.07, 6.45) is 3.18. The van der Waals surface area contributed by atoms with E-state index in [1.807, 2.05) is 24.3 Å². The Balaban J connectivity index is 1.71. The van der Waals surface area contributed by atoms with Gasteiger partial charge < -0.3 is 9.30 Å². The van der Waals surface area contributed by atoms with Crippen LogP contribution in [0.1, 0.15) is 52.5 Å². The van der Waals surface area contributed by atoms with Crippen LogP contribution in [0.4, 0.5) is 0 Å². The molecule has 0 spiro atoms. The number of aromatic nitrogens is 4. The average Bonchev–Trinajstić information content (AvgIpc) is 3.11. The Morgan fingerprint density at radius 2 is 1.52 bits per heavy atom. The van der Waals surface area contributed by atoms with E-state index in [9.17, 15) is 0 Å². The van der Waals surface area contributed by atoms with Gasteiger partial charge in [0, 0.05) is 25.3 Å². The third kappa shape index (κ3) is 4.77. The van der Waals surface area contributed by atoms with Crippen LogP contribution < -0.4 is 0 Å². The average molecular weight is 417 g/mol. The van der Waals surface area contributed by atoms with Gasteiger partial charge in [-0.15, -0.1) is 0 Å². The van der Waals surface area contributed by atoms with Crippen LogP contribution in [-0.4, -0.2) is 32.7 Å². The molecule has 0 fully saturated rings. The molecule has 4 aromatic rings. The molecule has 5 nitrogen and oxygen atoms in total. The van der Waals surface area contributed by atoms with Gasteiger partial charge >= 0.3 is 0 Å². The molecule has 2 aromatic carbocycles. The Kier molecular flexibility index (Phi) is 6.33. The number of hydrogen-bond donors (Lipinski definition) is 0. The molecule has 162 valence electrons. The lowest BCUT2D eigenvalue weighted by Gasteiger charge is -2.19. The minimum Gasteiger partial charge on any atom is -0.381 e. The molecule has 0 saturated heterocycles. The number of unbranched alkanes of at least 4 members (excludes halogenated alkanes) is 1. The first kappa shape index (κ1) is 21.4. The minimum absolute atomic E-state index is 0.120. The van der Waals surface area contributed by atoms with Crippen LogP contribution in [0.3, 0.4) is 0 Å². The fraction of sp³-hybridized carbons (Fsp3) is 0.423. The number of fused-ring (bicyclic) bond motifs is 2. The molecule has 0 unspecified atom stereocenters. The van der Waals surface area contributed by atoms with Gasteiger partial charge in [0.15, 0.2) is 11.3 Å². The molecular formula is C26H32N4O. The summed E-state index contributed by atoms with van der Waals surface area (Å²) in [5.74, 6) is 0.916. The molecule has 0 radical (unpaired) electrons. The number of nitrogens with zero attached hydrogens (tertiary/aromatic N) is 4. The maximum Gasteiger partial charge on any atom is 0.198 e. The Labute approximate surface area is 184 Å². The highest BCUT2D eigenvalue weighted by atomic mass is 16.5. The van der Waals surface area contributed by atoms with Crippen molar-refractivity contribution in [3.05, 3.63) is 54.1 Å². The van der Waals surface area contributed by atoms with E-state index in [1.165, 1.54) is 5.56 Å². The molecular weight excluding hydrogens is 384 g/mol. The summed E-state index contributed by atoms with van der Waals surface area (Å²) in [5.41, 5.74) is 5.81. The molecule has 0 N–H and O–H groups in total. The summed E-state index contributed by atoms with van der Waals surface area (Å²) >= 11 is 0. The van der Waals surface area contributed by atoms with Gasteiger partial charge in [-0.3, -0.25) is 0 Å². The van der Waals surface area contributed by atoms with Gasteiger partial charge in [0.25, 0.3) is 0 Å². The van der Waals surface area contributed by atoms with Gasteiger partial charge in [-0.2, -0.15) is 0 Å². The highest BCUT2D eigenvalue weighted by Crippen LogP contribution is 2.28.